The number of carbonyl (C=O) groups excluding carboxylic acids is 3. The summed E-state index contributed by atoms with van der Waals surface area (Å²) in [5.41, 5.74) is 4.54. The molecular formula is C24H27N3O4. The van der Waals surface area contributed by atoms with Crippen molar-refractivity contribution in [3.05, 3.63) is 65.2 Å². The van der Waals surface area contributed by atoms with E-state index in [2.05, 4.69) is 10.4 Å². The lowest BCUT2D eigenvalue weighted by molar-refractivity contribution is -0.154. The topological polar surface area (TPSA) is 88.1 Å². The largest absolute Gasteiger partial charge is 0.453 e. The van der Waals surface area contributed by atoms with Gasteiger partial charge in [-0.25, -0.2) is 5.01 Å². The van der Waals surface area contributed by atoms with E-state index in [9.17, 15) is 14.4 Å². The summed E-state index contributed by atoms with van der Waals surface area (Å²) in [7, 11) is 0. The van der Waals surface area contributed by atoms with Crippen molar-refractivity contribution in [1.29, 1.82) is 0 Å². The zero-order chi connectivity index (χ0) is 22.4. The van der Waals surface area contributed by atoms with E-state index in [4.69, 9.17) is 4.74 Å². The smallest absolute Gasteiger partial charge is 0.307 e. The van der Waals surface area contributed by atoms with Gasteiger partial charge in [0.1, 0.15) is 0 Å². The Hall–Kier alpha value is -3.48. The van der Waals surface area contributed by atoms with E-state index >= 15 is 0 Å². The maximum absolute atomic E-state index is 12.4. The monoisotopic (exact) mass is 421 g/mol. The van der Waals surface area contributed by atoms with E-state index in [1.54, 1.807) is 0 Å². The number of benzene rings is 2. The highest BCUT2D eigenvalue weighted by atomic mass is 16.5. The van der Waals surface area contributed by atoms with E-state index in [0.717, 1.165) is 22.4 Å². The lowest BCUT2D eigenvalue weighted by atomic mass is 10.1. The number of hydrogen-bond donors (Lipinski definition) is 1. The predicted molar refractivity (Wildman–Crippen MR) is 119 cm³/mol. The molecule has 1 N–H and O–H groups in total. The number of nitrogens with one attached hydrogen (secondary N) is 1. The van der Waals surface area contributed by atoms with Crippen molar-refractivity contribution in [3.8, 4) is 0 Å². The third-order valence-electron chi connectivity index (χ3n) is 5.06. The zero-order valence-electron chi connectivity index (χ0n) is 18.1. The molecule has 0 bridgehead atoms. The van der Waals surface area contributed by atoms with E-state index in [0.29, 0.717) is 18.7 Å². The van der Waals surface area contributed by atoms with Crippen molar-refractivity contribution >= 4 is 29.2 Å². The Balaban J connectivity index is 1.45. The molecule has 0 saturated heterocycles. The summed E-state index contributed by atoms with van der Waals surface area (Å²) in [6, 6.07) is 15.4. The molecule has 2 amide bonds. The number of amides is 2. The Morgan fingerprint density at radius 2 is 1.84 bits per heavy atom. The summed E-state index contributed by atoms with van der Waals surface area (Å²) in [5, 5.41) is 8.53. The van der Waals surface area contributed by atoms with Gasteiger partial charge in [-0.05, 0) is 38.0 Å². The molecule has 0 aromatic heterocycles. The molecule has 2 aromatic rings. The minimum Gasteiger partial charge on any atom is -0.453 e. The molecule has 1 atom stereocenters. The van der Waals surface area contributed by atoms with Gasteiger partial charge in [0.25, 0.3) is 5.91 Å². The molecule has 0 spiro atoms. The quantitative estimate of drug-likeness (QED) is 0.692. The summed E-state index contributed by atoms with van der Waals surface area (Å²) in [6.07, 6.45) is -0.406. The zero-order valence-corrected chi connectivity index (χ0v) is 18.1. The van der Waals surface area contributed by atoms with Gasteiger partial charge in [-0.2, -0.15) is 5.10 Å². The SMILES string of the molecule is Cc1ccc(NC(=O)[C@@H](C)OC(=O)CCC(=O)N2CCC(c3ccccc3)=N2)c(C)c1. The highest BCUT2D eigenvalue weighted by Crippen LogP contribution is 2.17. The fraction of sp³-hybridized carbons (Fsp3) is 0.333. The first kappa shape index (κ1) is 22.2. The van der Waals surface area contributed by atoms with Crippen molar-refractivity contribution < 1.29 is 19.1 Å². The Morgan fingerprint density at radius 1 is 1.10 bits per heavy atom. The second kappa shape index (κ2) is 10.0. The molecular weight excluding hydrogens is 394 g/mol. The molecule has 162 valence electrons. The normalized spacial score (nSPS) is 14.0. The van der Waals surface area contributed by atoms with Crippen LogP contribution in [0.5, 0.6) is 0 Å². The van der Waals surface area contributed by atoms with Gasteiger partial charge in [0, 0.05) is 18.5 Å². The number of hydrazone groups is 1. The van der Waals surface area contributed by atoms with Crippen LogP contribution in [0.4, 0.5) is 5.69 Å². The molecule has 31 heavy (non-hydrogen) atoms. The summed E-state index contributed by atoms with van der Waals surface area (Å²) in [5.74, 6) is -1.25. The third-order valence-corrected chi connectivity index (χ3v) is 5.06. The van der Waals surface area contributed by atoms with Crippen LogP contribution in [0, 0.1) is 13.8 Å². The minimum atomic E-state index is -0.960. The van der Waals surface area contributed by atoms with Crippen LogP contribution < -0.4 is 5.32 Å². The lowest BCUT2D eigenvalue weighted by Crippen LogP contribution is -2.31. The van der Waals surface area contributed by atoms with Gasteiger partial charge >= 0.3 is 5.97 Å². The first-order valence-corrected chi connectivity index (χ1v) is 10.3. The number of ether oxygens (including phenoxy) is 1. The van der Waals surface area contributed by atoms with Gasteiger partial charge in [-0.1, -0.05) is 48.0 Å². The van der Waals surface area contributed by atoms with Gasteiger partial charge in [0.05, 0.1) is 18.7 Å². The molecule has 1 aliphatic rings. The van der Waals surface area contributed by atoms with Crippen LogP contribution in [0.25, 0.3) is 0 Å². The molecule has 0 aliphatic carbocycles. The molecule has 0 radical (unpaired) electrons. The average Bonchev–Trinajstić information content (AvgIpc) is 3.25. The highest BCUT2D eigenvalue weighted by molar-refractivity contribution is 6.02. The van der Waals surface area contributed by atoms with Gasteiger partial charge in [0.2, 0.25) is 5.91 Å². The Labute approximate surface area is 182 Å². The van der Waals surface area contributed by atoms with Gasteiger partial charge in [-0.3, -0.25) is 14.4 Å². The average molecular weight is 421 g/mol. The van der Waals surface area contributed by atoms with E-state index in [-0.39, 0.29) is 18.7 Å². The van der Waals surface area contributed by atoms with Crippen LogP contribution in [0.2, 0.25) is 0 Å². The van der Waals surface area contributed by atoms with Crippen molar-refractivity contribution in [2.24, 2.45) is 5.10 Å². The fourth-order valence-corrected chi connectivity index (χ4v) is 3.31. The van der Waals surface area contributed by atoms with Gasteiger partial charge in [-0.15, -0.1) is 0 Å². The van der Waals surface area contributed by atoms with E-state index in [1.165, 1.54) is 11.9 Å². The number of rotatable bonds is 7. The van der Waals surface area contributed by atoms with Crippen molar-refractivity contribution in [2.75, 3.05) is 11.9 Å². The first-order valence-electron chi connectivity index (χ1n) is 10.3. The molecule has 7 heteroatoms. The molecule has 0 fully saturated rings. The minimum absolute atomic E-state index is 0.0180. The number of aryl methyl sites for hydroxylation is 2. The van der Waals surface area contributed by atoms with Crippen molar-refractivity contribution in [3.63, 3.8) is 0 Å². The van der Waals surface area contributed by atoms with Gasteiger partial charge in [0.15, 0.2) is 6.10 Å². The number of esters is 1. The molecule has 1 heterocycles. The first-order chi connectivity index (χ1) is 14.8. The Bertz CT molecular complexity index is 1000. The third kappa shape index (κ3) is 6.01. The van der Waals surface area contributed by atoms with Crippen LogP contribution in [0.1, 0.15) is 42.9 Å². The number of carbonyl (C=O) groups is 3. The van der Waals surface area contributed by atoms with Crippen molar-refractivity contribution in [1.82, 2.24) is 5.01 Å². The fourth-order valence-electron chi connectivity index (χ4n) is 3.31. The number of anilines is 1. The van der Waals surface area contributed by atoms with Crippen LogP contribution >= 0.6 is 0 Å². The molecule has 1 aliphatic heterocycles. The molecule has 0 saturated carbocycles. The molecule has 3 rings (SSSR count). The molecule has 0 unspecified atom stereocenters. The summed E-state index contributed by atoms with van der Waals surface area (Å²) in [6.45, 7) is 5.87. The van der Waals surface area contributed by atoms with E-state index < -0.39 is 18.0 Å². The summed E-state index contributed by atoms with van der Waals surface area (Å²) in [4.78, 5) is 36.8. The van der Waals surface area contributed by atoms with Gasteiger partial charge < -0.3 is 10.1 Å². The number of hydrogen-bond acceptors (Lipinski definition) is 5. The molecule has 2 aromatic carbocycles. The van der Waals surface area contributed by atoms with E-state index in [1.807, 2.05) is 62.4 Å². The lowest BCUT2D eigenvalue weighted by Gasteiger charge is -2.15. The Kier molecular flexibility index (Phi) is 7.18. The second-order valence-electron chi connectivity index (χ2n) is 7.62. The van der Waals surface area contributed by atoms with Crippen LogP contribution in [-0.4, -0.2) is 41.2 Å². The van der Waals surface area contributed by atoms with Crippen molar-refractivity contribution in [2.45, 2.75) is 46.1 Å². The number of nitrogens with zero attached hydrogens (tertiary/aromatic N) is 2. The van der Waals surface area contributed by atoms with Crippen LogP contribution in [0.15, 0.2) is 53.6 Å². The maximum Gasteiger partial charge on any atom is 0.307 e. The second-order valence-corrected chi connectivity index (χ2v) is 7.62. The van der Waals surface area contributed by atoms with Crippen LogP contribution in [-0.2, 0) is 19.1 Å². The predicted octanol–water partition coefficient (Wildman–Crippen LogP) is 3.59. The summed E-state index contributed by atoms with van der Waals surface area (Å²) < 4.78 is 5.19. The Morgan fingerprint density at radius 3 is 2.55 bits per heavy atom. The summed E-state index contributed by atoms with van der Waals surface area (Å²) >= 11 is 0. The highest BCUT2D eigenvalue weighted by Gasteiger charge is 2.23. The molecule has 7 nitrogen and oxygen atoms in total. The van der Waals surface area contributed by atoms with Crippen LogP contribution in [0.3, 0.4) is 0 Å². The maximum atomic E-state index is 12.4. The standard InChI is InChI=1S/C24H27N3O4/c1-16-9-10-20(17(2)15-16)25-24(30)18(3)31-23(29)12-11-22(28)27-14-13-21(26-27)19-7-5-4-6-8-19/h4-10,15,18H,11-14H2,1-3H3,(H,25,30)/t18-/m1/s1.